The molecule has 0 bridgehead atoms. The lowest BCUT2D eigenvalue weighted by Gasteiger charge is -2.06. The molecule has 0 spiro atoms. The van der Waals surface area contributed by atoms with Gasteiger partial charge in [-0.25, -0.2) is 4.98 Å². The normalized spacial score (nSPS) is 10.2. The van der Waals surface area contributed by atoms with Crippen LogP contribution in [-0.2, 0) is 17.8 Å². The standard InChI is InChI=1S/C14H16N4OS/c15-14(20)12-3-1-11(2-4-12)9-13(19)17-6-8-18-7-5-16-10-18/h1-5,7,10H,6,8-9H2,(H2,15,20)(H,17,19). The molecular formula is C14H16N4OS. The molecule has 5 nitrogen and oxygen atoms in total. The van der Waals surface area contributed by atoms with Crippen molar-refractivity contribution in [2.75, 3.05) is 6.54 Å². The van der Waals surface area contributed by atoms with Crippen molar-refractivity contribution in [3.8, 4) is 0 Å². The molecular weight excluding hydrogens is 272 g/mol. The highest BCUT2D eigenvalue weighted by Gasteiger charge is 2.03. The van der Waals surface area contributed by atoms with Crippen LogP contribution < -0.4 is 11.1 Å². The van der Waals surface area contributed by atoms with Crippen molar-refractivity contribution in [2.24, 2.45) is 5.73 Å². The van der Waals surface area contributed by atoms with Crippen molar-refractivity contribution in [3.05, 3.63) is 54.1 Å². The van der Waals surface area contributed by atoms with Crippen LogP contribution in [0.1, 0.15) is 11.1 Å². The number of carbonyl (C=O) groups excluding carboxylic acids is 1. The Bertz CT molecular complexity index is 578. The molecule has 6 heteroatoms. The summed E-state index contributed by atoms with van der Waals surface area (Å²) in [7, 11) is 0. The van der Waals surface area contributed by atoms with Crippen LogP contribution in [0.2, 0.25) is 0 Å². The summed E-state index contributed by atoms with van der Waals surface area (Å²) in [6, 6.07) is 7.39. The Kier molecular flexibility index (Phi) is 4.84. The highest BCUT2D eigenvalue weighted by molar-refractivity contribution is 7.80. The number of rotatable bonds is 6. The van der Waals surface area contributed by atoms with Crippen LogP contribution in [0.3, 0.4) is 0 Å². The average molecular weight is 288 g/mol. The summed E-state index contributed by atoms with van der Waals surface area (Å²) < 4.78 is 1.91. The van der Waals surface area contributed by atoms with Gasteiger partial charge in [-0.05, 0) is 5.56 Å². The lowest BCUT2D eigenvalue weighted by molar-refractivity contribution is -0.120. The molecule has 0 aliphatic carbocycles. The van der Waals surface area contributed by atoms with Gasteiger partial charge in [0.05, 0.1) is 12.7 Å². The molecule has 0 fully saturated rings. The van der Waals surface area contributed by atoms with Gasteiger partial charge in [0.15, 0.2) is 0 Å². The first-order chi connectivity index (χ1) is 9.65. The summed E-state index contributed by atoms with van der Waals surface area (Å²) >= 11 is 4.88. The molecule has 104 valence electrons. The van der Waals surface area contributed by atoms with Gasteiger partial charge in [-0.3, -0.25) is 4.79 Å². The molecule has 0 saturated heterocycles. The van der Waals surface area contributed by atoms with Crippen molar-refractivity contribution in [1.29, 1.82) is 0 Å². The summed E-state index contributed by atoms with van der Waals surface area (Å²) in [6.07, 6.45) is 5.65. The van der Waals surface area contributed by atoms with Gasteiger partial charge in [-0.1, -0.05) is 36.5 Å². The third-order valence-electron chi connectivity index (χ3n) is 2.85. The monoisotopic (exact) mass is 288 g/mol. The summed E-state index contributed by atoms with van der Waals surface area (Å²) in [5.41, 5.74) is 7.27. The van der Waals surface area contributed by atoms with E-state index in [1.807, 2.05) is 35.0 Å². The molecule has 0 aliphatic heterocycles. The lowest BCUT2D eigenvalue weighted by atomic mass is 10.1. The van der Waals surface area contributed by atoms with E-state index in [0.717, 1.165) is 11.1 Å². The SMILES string of the molecule is NC(=S)c1ccc(CC(=O)NCCn2ccnc2)cc1. The number of hydrogen-bond donors (Lipinski definition) is 2. The Hall–Kier alpha value is -2.21. The predicted octanol–water partition coefficient (Wildman–Crippen LogP) is 0.876. The Morgan fingerprint density at radius 1 is 1.35 bits per heavy atom. The van der Waals surface area contributed by atoms with Gasteiger partial charge in [0.2, 0.25) is 5.91 Å². The number of benzene rings is 1. The van der Waals surface area contributed by atoms with Crippen LogP contribution in [0.25, 0.3) is 0 Å². The molecule has 0 saturated carbocycles. The van der Waals surface area contributed by atoms with Crippen LogP contribution >= 0.6 is 12.2 Å². The zero-order chi connectivity index (χ0) is 14.4. The number of nitrogens with zero attached hydrogens (tertiary/aromatic N) is 2. The van der Waals surface area contributed by atoms with E-state index in [1.54, 1.807) is 12.5 Å². The van der Waals surface area contributed by atoms with Crippen LogP contribution in [0.4, 0.5) is 0 Å². The van der Waals surface area contributed by atoms with Crippen molar-refractivity contribution in [3.63, 3.8) is 0 Å². The molecule has 1 aromatic carbocycles. The number of nitrogens with one attached hydrogen (secondary N) is 1. The third-order valence-corrected chi connectivity index (χ3v) is 3.09. The summed E-state index contributed by atoms with van der Waals surface area (Å²) in [4.78, 5) is 16.1. The number of aromatic nitrogens is 2. The van der Waals surface area contributed by atoms with E-state index in [-0.39, 0.29) is 5.91 Å². The van der Waals surface area contributed by atoms with Crippen LogP contribution in [0.15, 0.2) is 43.0 Å². The van der Waals surface area contributed by atoms with E-state index in [9.17, 15) is 4.79 Å². The number of imidazole rings is 1. The number of amides is 1. The smallest absolute Gasteiger partial charge is 0.224 e. The largest absolute Gasteiger partial charge is 0.389 e. The Balaban J connectivity index is 1.77. The third kappa shape index (κ3) is 4.17. The van der Waals surface area contributed by atoms with Crippen molar-refractivity contribution < 1.29 is 4.79 Å². The molecule has 1 amide bonds. The van der Waals surface area contributed by atoms with Gasteiger partial charge < -0.3 is 15.6 Å². The van der Waals surface area contributed by atoms with Gasteiger partial charge in [0, 0.05) is 31.0 Å². The highest BCUT2D eigenvalue weighted by atomic mass is 32.1. The number of thiocarbonyl (C=S) groups is 1. The number of hydrogen-bond acceptors (Lipinski definition) is 3. The molecule has 2 rings (SSSR count). The summed E-state index contributed by atoms with van der Waals surface area (Å²) in [5, 5.41) is 2.87. The lowest BCUT2D eigenvalue weighted by Crippen LogP contribution is -2.28. The summed E-state index contributed by atoms with van der Waals surface area (Å²) in [6.45, 7) is 1.30. The first-order valence-electron chi connectivity index (χ1n) is 6.26. The van der Waals surface area contributed by atoms with E-state index < -0.39 is 0 Å². The van der Waals surface area contributed by atoms with Crippen LogP contribution in [0, 0.1) is 0 Å². The minimum atomic E-state index is -0.00631. The van der Waals surface area contributed by atoms with Crippen LogP contribution in [-0.4, -0.2) is 27.0 Å². The fourth-order valence-electron chi connectivity index (χ4n) is 1.78. The second-order valence-corrected chi connectivity index (χ2v) is 4.83. The highest BCUT2D eigenvalue weighted by Crippen LogP contribution is 2.05. The topological polar surface area (TPSA) is 72.9 Å². The number of nitrogens with two attached hydrogens (primary N) is 1. The van der Waals surface area contributed by atoms with Crippen molar-refractivity contribution >= 4 is 23.1 Å². The van der Waals surface area contributed by atoms with E-state index in [0.29, 0.717) is 24.5 Å². The molecule has 2 aromatic rings. The average Bonchev–Trinajstić information content (AvgIpc) is 2.92. The van der Waals surface area contributed by atoms with Crippen molar-refractivity contribution in [2.45, 2.75) is 13.0 Å². The first-order valence-corrected chi connectivity index (χ1v) is 6.67. The second-order valence-electron chi connectivity index (χ2n) is 4.39. The zero-order valence-electron chi connectivity index (χ0n) is 11.0. The zero-order valence-corrected chi connectivity index (χ0v) is 11.8. The minimum Gasteiger partial charge on any atom is -0.389 e. The molecule has 0 atom stereocenters. The van der Waals surface area contributed by atoms with E-state index in [4.69, 9.17) is 18.0 Å². The van der Waals surface area contributed by atoms with E-state index >= 15 is 0 Å². The molecule has 20 heavy (non-hydrogen) atoms. The Labute approximate surface area is 122 Å². The predicted molar refractivity (Wildman–Crippen MR) is 81.3 cm³/mol. The van der Waals surface area contributed by atoms with Crippen molar-refractivity contribution in [1.82, 2.24) is 14.9 Å². The Morgan fingerprint density at radius 2 is 2.10 bits per heavy atom. The maximum Gasteiger partial charge on any atom is 0.224 e. The first kappa shape index (κ1) is 14.2. The molecule has 1 aromatic heterocycles. The molecule has 0 radical (unpaired) electrons. The fourth-order valence-corrected chi connectivity index (χ4v) is 1.91. The quantitative estimate of drug-likeness (QED) is 0.774. The van der Waals surface area contributed by atoms with Gasteiger partial charge in [0.1, 0.15) is 4.99 Å². The number of carbonyl (C=O) groups is 1. The van der Waals surface area contributed by atoms with Crippen LogP contribution in [0.5, 0.6) is 0 Å². The van der Waals surface area contributed by atoms with E-state index in [1.165, 1.54) is 0 Å². The molecule has 0 unspecified atom stereocenters. The van der Waals surface area contributed by atoms with Gasteiger partial charge in [-0.2, -0.15) is 0 Å². The molecule has 0 aliphatic rings. The van der Waals surface area contributed by atoms with E-state index in [2.05, 4.69) is 10.3 Å². The maximum atomic E-state index is 11.8. The van der Waals surface area contributed by atoms with Gasteiger partial charge in [0.25, 0.3) is 0 Å². The Morgan fingerprint density at radius 3 is 2.70 bits per heavy atom. The van der Waals surface area contributed by atoms with Gasteiger partial charge in [-0.15, -0.1) is 0 Å². The minimum absolute atomic E-state index is 0.00631. The molecule has 1 heterocycles. The van der Waals surface area contributed by atoms with Gasteiger partial charge >= 0.3 is 0 Å². The fraction of sp³-hybridized carbons (Fsp3) is 0.214. The molecule has 3 N–H and O–H groups in total. The summed E-state index contributed by atoms with van der Waals surface area (Å²) in [5.74, 6) is -0.00631. The second kappa shape index (κ2) is 6.81. The maximum absolute atomic E-state index is 11.8.